The van der Waals surface area contributed by atoms with E-state index in [-0.39, 0.29) is 0 Å². The first-order valence-corrected chi connectivity index (χ1v) is 6.86. The van der Waals surface area contributed by atoms with Gasteiger partial charge in [-0.3, -0.25) is 4.90 Å². The fourth-order valence-corrected chi connectivity index (χ4v) is 2.09. The summed E-state index contributed by atoms with van der Waals surface area (Å²) in [6.45, 7) is 6.78. The van der Waals surface area contributed by atoms with Crippen molar-refractivity contribution in [2.45, 2.75) is 32.7 Å². The molecule has 0 fully saturated rings. The third-order valence-corrected chi connectivity index (χ3v) is 3.07. The fourth-order valence-electron chi connectivity index (χ4n) is 2.09. The van der Waals surface area contributed by atoms with E-state index in [4.69, 9.17) is 10.5 Å². The summed E-state index contributed by atoms with van der Waals surface area (Å²) in [7, 11) is 2.13. The summed E-state index contributed by atoms with van der Waals surface area (Å²) in [6, 6.07) is 8.61. The number of ether oxygens (including phenoxy) is 1. The van der Waals surface area contributed by atoms with Crippen LogP contribution in [0.1, 0.15) is 38.3 Å². The van der Waals surface area contributed by atoms with Gasteiger partial charge in [-0.1, -0.05) is 26.0 Å². The number of rotatable bonds is 8. The van der Waals surface area contributed by atoms with E-state index in [0.29, 0.717) is 12.6 Å². The predicted octanol–water partition coefficient (Wildman–Crippen LogP) is 2.82. The van der Waals surface area contributed by atoms with E-state index in [1.807, 2.05) is 12.1 Å². The second-order valence-corrected chi connectivity index (χ2v) is 4.65. The first-order valence-electron chi connectivity index (χ1n) is 6.86. The average Bonchev–Trinajstić information content (AvgIpc) is 2.39. The Labute approximate surface area is 111 Å². The Balaban J connectivity index is 2.69. The highest BCUT2D eigenvalue weighted by Gasteiger charge is 2.14. The minimum absolute atomic E-state index is 0.296. The largest absolute Gasteiger partial charge is 0.494 e. The van der Waals surface area contributed by atoms with Crippen LogP contribution < -0.4 is 10.5 Å². The van der Waals surface area contributed by atoms with E-state index in [1.165, 1.54) is 5.56 Å². The number of hydrogen-bond acceptors (Lipinski definition) is 3. The van der Waals surface area contributed by atoms with E-state index in [1.54, 1.807) is 0 Å². The normalized spacial score (nSPS) is 12.7. The van der Waals surface area contributed by atoms with Crippen LogP contribution in [0.4, 0.5) is 0 Å². The lowest BCUT2D eigenvalue weighted by atomic mass is 10.1. The topological polar surface area (TPSA) is 38.5 Å². The molecule has 1 atom stereocenters. The van der Waals surface area contributed by atoms with Crippen LogP contribution in [-0.4, -0.2) is 31.6 Å². The smallest absolute Gasteiger partial charge is 0.119 e. The standard InChI is InChI=1S/C15H26N2O/c1-4-10-17(3)15(12-16)13-6-8-14(9-7-13)18-11-5-2/h6-9,15H,4-5,10-12,16H2,1-3H3. The molecule has 0 aliphatic heterocycles. The SMILES string of the molecule is CCCOc1ccc(C(CN)N(C)CCC)cc1. The van der Waals surface area contributed by atoms with Crippen LogP contribution >= 0.6 is 0 Å². The lowest BCUT2D eigenvalue weighted by molar-refractivity contribution is 0.250. The van der Waals surface area contributed by atoms with Crippen LogP contribution in [0.25, 0.3) is 0 Å². The van der Waals surface area contributed by atoms with Crippen molar-refractivity contribution in [2.24, 2.45) is 5.73 Å². The fraction of sp³-hybridized carbons (Fsp3) is 0.600. The van der Waals surface area contributed by atoms with Gasteiger partial charge in [0.2, 0.25) is 0 Å². The summed E-state index contributed by atoms with van der Waals surface area (Å²) in [4.78, 5) is 2.31. The minimum Gasteiger partial charge on any atom is -0.494 e. The first kappa shape index (κ1) is 15.0. The van der Waals surface area contributed by atoms with Crippen molar-refractivity contribution >= 4 is 0 Å². The summed E-state index contributed by atoms with van der Waals surface area (Å²) in [5.74, 6) is 0.939. The average molecular weight is 250 g/mol. The van der Waals surface area contributed by atoms with E-state index in [0.717, 1.165) is 31.7 Å². The van der Waals surface area contributed by atoms with Crippen LogP contribution in [0.2, 0.25) is 0 Å². The van der Waals surface area contributed by atoms with E-state index >= 15 is 0 Å². The molecule has 3 heteroatoms. The van der Waals surface area contributed by atoms with Crippen molar-refractivity contribution < 1.29 is 4.74 Å². The highest BCUT2D eigenvalue weighted by Crippen LogP contribution is 2.21. The van der Waals surface area contributed by atoms with Crippen molar-refractivity contribution in [1.82, 2.24) is 4.90 Å². The van der Waals surface area contributed by atoms with Gasteiger partial charge >= 0.3 is 0 Å². The van der Waals surface area contributed by atoms with Gasteiger partial charge in [-0.25, -0.2) is 0 Å². The summed E-state index contributed by atoms with van der Waals surface area (Å²) >= 11 is 0. The van der Waals surface area contributed by atoms with Crippen LogP contribution in [0, 0.1) is 0 Å². The quantitative estimate of drug-likeness (QED) is 0.771. The molecule has 3 nitrogen and oxygen atoms in total. The number of benzene rings is 1. The second-order valence-electron chi connectivity index (χ2n) is 4.65. The summed E-state index contributed by atoms with van der Waals surface area (Å²) in [5, 5.41) is 0. The molecular weight excluding hydrogens is 224 g/mol. The Morgan fingerprint density at radius 1 is 1.17 bits per heavy atom. The van der Waals surface area contributed by atoms with Crippen molar-refractivity contribution in [2.75, 3.05) is 26.7 Å². The second kappa shape index (κ2) is 8.11. The molecule has 0 spiro atoms. The Morgan fingerprint density at radius 2 is 1.83 bits per heavy atom. The molecule has 0 aliphatic carbocycles. The van der Waals surface area contributed by atoms with Crippen molar-refractivity contribution in [3.63, 3.8) is 0 Å². The van der Waals surface area contributed by atoms with Crippen molar-refractivity contribution in [3.05, 3.63) is 29.8 Å². The van der Waals surface area contributed by atoms with Crippen molar-refractivity contribution in [1.29, 1.82) is 0 Å². The lowest BCUT2D eigenvalue weighted by Gasteiger charge is -2.27. The zero-order valence-electron chi connectivity index (χ0n) is 11.9. The molecule has 0 amide bonds. The lowest BCUT2D eigenvalue weighted by Crippen LogP contribution is -2.31. The molecule has 18 heavy (non-hydrogen) atoms. The molecule has 0 saturated carbocycles. The maximum atomic E-state index is 5.88. The molecule has 102 valence electrons. The Morgan fingerprint density at radius 3 is 2.33 bits per heavy atom. The Bertz CT molecular complexity index is 324. The molecule has 1 aromatic carbocycles. The summed E-state index contributed by atoms with van der Waals surface area (Å²) < 4.78 is 5.59. The maximum Gasteiger partial charge on any atom is 0.119 e. The number of nitrogens with zero attached hydrogens (tertiary/aromatic N) is 1. The van der Waals surface area contributed by atoms with Gasteiger partial charge in [-0.05, 0) is 44.1 Å². The van der Waals surface area contributed by atoms with Gasteiger partial charge in [0.05, 0.1) is 6.61 Å². The number of nitrogens with two attached hydrogens (primary N) is 1. The summed E-state index contributed by atoms with van der Waals surface area (Å²) in [5.41, 5.74) is 7.14. The van der Waals surface area contributed by atoms with Gasteiger partial charge in [0.25, 0.3) is 0 Å². The molecule has 0 aromatic heterocycles. The van der Waals surface area contributed by atoms with Gasteiger partial charge < -0.3 is 10.5 Å². The molecule has 1 unspecified atom stereocenters. The highest BCUT2D eigenvalue weighted by molar-refractivity contribution is 5.29. The molecule has 0 heterocycles. The maximum absolute atomic E-state index is 5.88. The van der Waals surface area contributed by atoms with Gasteiger partial charge in [-0.2, -0.15) is 0 Å². The minimum atomic E-state index is 0.296. The molecule has 1 aromatic rings. The third kappa shape index (κ3) is 4.31. The number of hydrogen-bond donors (Lipinski definition) is 1. The molecule has 0 saturated heterocycles. The first-order chi connectivity index (χ1) is 8.72. The molecule has 0 aliphatic rings. The van der Waals surface area contributed by atoms with Crippen LogP contribution in [0.3, 0.4) is 0 Å². The van der Waals surface area contributed by atoms with Gasteiger partial charge in [0.15, 0.2) is 0 Å². The predicted molar refractivity (Wildman–Crippen MR) is 76.9 cm³/mol. The van der Waals surface area contributed by atoms with E-state index in [9.17, 15) is 0 Å². The zero-order valence-corrected chi connectivity index (χ0v) is 11.9. The molecule has 2 N–H and O–H groups in total. The van der Waals surface area contributed by atoms with Gasteiger partial charge in [-0.15, -0.1) is 0 Å². The third-order valence-electron chi connectivity index (χ3n) is 3.07. The molecule has 0 bridgehead atoms. The Hall–Kier alpha value is -1.06. The van der Waals surface area contributed by atoms with Crippen LogP contribution in [0.5, 0.6) is 5.75 Å². The number of likely N-dealkylation sites (N-methyl/N-ethyl adjacent to an activating group) is 1. The molecular formula is C15H26N2O. The molecule has 1 rings (SSSR count). The monoisotopic (exact) mass is 250 g/mol. The summed E-state index contributed by atoms with van der Waals surface area (Å²) in [6.07, 6.45) is 2.18. The zero-order chi connectivity index (χ0) is 13.4. The van der Waals surface area contributed by atoms with Crippen LogP contribution in [-0.2, 0) is 0 Å². The molecule has 0 radical (unpaired) electrons. The van der Waals surface area contributed by atoms with E-state index in [2.05, 4.69) is 37.9 Å². The Kier molecular flexibility index (Phi) is 6.76. The van der Waals surface area contributed by atoms with Gasteiger partial charge in [0, 0.05) is 12.6 Å². The van der Waals surface area contributed by atoms with Crippen LogP contribution in [0.15, 0.2) is 24.3 Å². The van der Waals surface area contributed by atoms with Crippen molar-refractivity contribution in [3.8, 4) is 5.75 Å². The van der Waals surface area contributed by atoms with E-state index < -0.39 is 0 Å². The van der Waals surface area contributed by atoms with Gasteiger partial charge in [0.1, 0.15) is 5.75 Å². The highest BCUT2D eigenvalue weighted by atomic mass is 16.5.